The highest BCUT2D eigenvalue weighted by Gasteiger charge is 2.15. The van der Waals surface area contributed by atoms with Crippen molar-refractivity contribution in [3.63, 3.8) is 0 Å². The van der Waals surface area contributed by atoms with Gasteiger partial charge >= 0.3 is 5.69 Å². The zero-order valence-electron chi connectivity index (χ0n) is 12.1. The average molecular weight is 310 g/mol. The molecule has 0 amide bonds. The number of nitrogens with zero attached hydrogens (tertiary/aromatic N) is 2. The molecular formula is C14H19FN4OS. The van der Waals surface area contributed by atoms with Crippen LogP contribution < -0.4 is 11.0 Å². The molecule has 0 spiro atoms. The fourth-order valence-corrected chi connectivity index (χ4v) is 2.96. The van der Waals surface area contributed by atoms with Gasteiger partial charge in [-0.15, -0.1) is 5.10 Å². The molecule has 0 aliphatic heterocycles. The summed E-state index contributed by atoms with van der Waals surface area (Å²) in [6, 6.07) is 4.99. The van der Waals surface area contributed by atoms with Gasteiger partial charge in [-0.25, -0.2) is 14.3 Å². The Hall–Kier alpha value is -1.60. The number of hydrogen-bond acceptors (Lipinski definition) is 4. The van der Waals surface area contributed by atoms with Gasteiger partial charge in [-0.3, -0.25) is 4.57 Å². The van der Waals surface area contributed by atoms with Crippen LogP contribution in [0, 0.1) is 5.82 Å². The summed E-state index contributed by atoms with van der Waals surface area (Å²) in [5.41, 5.74) is 0.601. The highest BCUT2D eigenvalue weighted by atomic mass is 32.2. The maximum atomic E-state index is 14.1. The van der Waals surface area contributed by atoms with Gasteiger partial charge in [-0.05, 0) is 36.4 Å². The van der Waals surface area contributed by atoms with E-state index in [0.717, 1.165) is 18.5 Å². The topological polar surface area (TPSA) is 62.7 Å². The van der Waals surface area contributed by atoms with Crippen LogP contribution in [0.3, 0.4) is 0 Å². The number of nitrogens with one attached hydrogen (secondary N) is 2. The quantitative estimate of drug-likeness (QED) is 0.824. The number of aromatic amines is 1. The summed E-state index contributed by atoms with van der Waals surface area (Å²) in [6.45, 7) is 5.93. The van der Waals surface area contributed by atoms with E-state index < -0.39 is 0 Å². The molecule has 2 N–H and O–H groups in total. The van der Waals surface area contributed by atoms with E-state index in [-0.39, 0.29) is 11.5 Å². The minimum absolute atomic E-state index is 0.260. The molecule has 0 bridgehead atoms. The molecule has 5 nitrogen and oxygen atoms in total. The molecule has 0 saturated carbocycles. The molecule has 0 radical (unpaired) electrons. The fraction of sp³-hybridized carbons (Fsp3) is 0.429. The summed E-state index contributed by atoms with van der Waals surface area (Å²) in [5.74, 6) is -0.297. The van der Waals surface area contributed by atoms with Crippen molar-refractivity contribution in [1.29, 1.82) is 0 Å². The predicted octanol–water partition coefficient (Wildman–Crippen LogP) is 2.38. The van der Waals surface area contributed by atoms with Crippen LogP contribution in [0.2, 0.25) is 0 Å². The minimum Gasteiger partial charge on any atom is -0.313 e. The lowest BCUT2D eigenvalue weighted by Gasteiger charge is -2.10. The molecule has 1 heterocycles. The van der Waals surface area contributed by atoms with Gasteiger partial charge in [0.05, 0.1) is 4.90 Å². The third-order valence-corrected chi connectivity index (χ3v) is 4.13. The predicted molar refractivity (Wildman–Crippen MR) is 81.0 cm³/mol. The van der Waals surface area contributed by atoms with Gasteiger partial charge in [-0.2, -0.15) is 0 Å². The van der Waals surface area contributed by atoms with E-state index in [9.17, 15) is 9.18 Å². The summed E-state index contributed by atoms with van der Waals surface area (Å²) >= 11 is 1.18. The number of hydrogen-bond donors (Lipinski definition) is 2. The number of halogens is 1. The first-order valence-electron chi connectivity index (χ1n) is 6.98. The molecule has 0 aliphatic rings. The zero-order chi connectivity index (χ0) is 15.2. The third kappa shape index (κ3) is 3.74. The van der Waals surface area contributed by atoms with E-state index in [0.29, 0.717) is 23.1 Å². The van der Waals surface area contributed by atoms with Crippen LogP contribution in [0.25, 0.3) is 0 Å². The first-order chi connectivity index (χ1) is 10.2. The Balaban J connectivity index is 2.32. The molecule has 1 aromatic carbocycles. The smallest absolute Gasteiger partial charge is 0.313 e. The Morgan fingerprint density at radius 1 is 1.43 bits per heavy atom. The van der Waals surface area contributed by atoms with Crippen molar-refractivity contribution in [3.05, 3.63) is 40.1 Å². The molecule has 0 unspecified atom stereocenters. The van der Waals surface area contributed by atoms with Crippen LogP contribution in [0.5, 0.6) is 0 Å². The van der Waals surface area contributed by atoms with Crippen LogP contribution in [-0.4, -0.2) is 21.3 Å². The van der Waals surface area contributed by atoms with Crippen LogP contribution >= 0.6 is 11.8 Å². The summed E-state index contributed by atoms with van der Waals surface area (Å²) < 4.78 is 15.6. The highest BCUT2D eigenvalue weighted by Crippen LogP contribution is 2.31. The standard InChI is InChI=1S/C14H19FN4OS/c1-3-8-19-13(20)17-18-14(19)21-12-10(9-16-4-2)6-5-7-11(12)15/h5-7,16H,3-4,8-9H2,1-2H3,(H,17,20). The summed E-state index contributed by atoms with van der Waals surface area (Å²) in [4.78, 5) is 12.2. The van der Waals surface area contributed by atoms with E-state index in [2.05, 4.69) is 15.5 Å². The van der Waals surface area contributed by atoms with Crippen LogP contribution in [0.15, 0.2) is 33.0 Å². The molecule has 0 aliphatic carbocycles. The Bertz CT molecular complexity index is 653. The van der Waals surface area contributed by atoms with Gasteiger partial charge < -0.3 is 5.32 Å². The van der Waals surface area contributed by atoms with Crippen molar-refractivity contribution < 1.29 is 4.39 Å². The van der Waals surface area contributed by atoms with E-state index in [1.54, 1.807) is 6.07 Å². The van der Waals surface area contributed by atoms with Gasteiger partial charge in [-0.1, -0.05) is 26.0 Å². The lowest BCUT2D eigenvalue weighted by Crippen LogP contribution is -2.17. The number of benzene rings is 1. The Labute approximate surface area is 127 Å². The molecule has 2 aromatic rings. The zero-order valence-corrected chi connectivity index (χ0v) is 13.0. The Morgan fingerprint density at radius 3 is 2.95 bits per heavy atom. The van der Waals surface area contributed by atoms with E-state index in [1.165, 1.54) is 22.4 Å². The second-order valence-corrected chi connectivity index (χ2v) is 5.55. The maximum absolute atomic E-state index is 14.1. The van der Waals surface area contributed by atoms with E-state index >= 15 is 0 Å². The maximum Gasteiger partial charge on any atom is 0.343 e. The number of H-pyrrole nitrogens is 1. The molecule has 7 heteroatoms. The largest absolute Gasteiger partial charge is 0.343 e. The molecular weight excluding hydrogens is 291 g/mol. The Kier molecular flexibility index (Phi) is 5.58. The van der Waals surface area contributed by atoms with Crippen LogP contribution in [0.4, 0.5) is 4.39 Å². The van der Waals surface area contributed by atoms with Crippen molar-refractivity contribution in [1.82, 2.24) is 20.1 Å². The molecule has 0 atom stereocenters. The van der Waals surface area contributed by atoms with Gasteiger partial charge in [0, 0.05) is 13.1 Å². The summed E-state index contributed by atoms with van der Waals surface area (Å²) in [5, 5.41) is 10.1. The van der Waals surface area contributed by atoms with Crippen molar-refractivity contribution in [2.45, 2.75) is 43.4 Å². The molecule has 1 aromatic heterocycles. The van der Waals surface area contributed by atoms with Gasteiger partial charge in [0.15, 0.2) is 5.16 Å². The fourth-order valence-electron chi connectivity index (χ4n) is 1.96. The number of rotatable bonds is 7. The van der Waals surface area contributed by atoms with Crippen molar-refractivity contribution in [2.75, 3.05) is 6.54 Å². The summed E-state index contributed by atoms with van der Waals surface area (Å²) in [6.07, 6.45) is 0.814. The van der Waals surface area contributed by atoms with Crippen molar-refractivity contribution in [2.24, 2.45) is 0 Å². The molecule has 114 valence electrons. The van der Waals surface area contributed by atoms with Crippen LogP contribution in [0.1, 0.15) is 25.8 Å². The Morgan fingerprint density at radius 2 is 2.24 bits per heavy atom. The lowest BCUT2D eigenvalue weighted by molar-refractivity contribution is 0.585. The first-order valence-corrected chi connectivity index (χ1v) is 7.80. The van der Waals surface area contributed by atoms with Gasteiger partial charge in [0.25, 0.3) is 0 Å². The summed E-state index contributed by atoms with van der Waals surface area (Å²) in [7, 11) is 0. The molecule has 0 fully saturated rings. The average Bonchev–Trinajstić information content (AvgIpc) is 2.81. The van der Waals surface area contributed by atoms with Crippen molar-refractivity contribution >= 4 is 11.8 Å². The minimum atomic E-state index is -0.297. The third-order valence-electron chi connectivity index (χ3n) is 2.98. The highest BCUT2D eigenvalue weighted by molar-refractivity contribution is 7.99. The van der Waals surface area contributed by atoms with Crippen LogP contribution in [-0.2, 0) is 13.1 Å². The van der Waals surface area contributed by atoms with Crippen molar-refractivity contribution in [3.8, 4) is 0 Å². The molecule has 2 rings (SSSR count). The van der Waals surface area contributed by atoms with Gasteiger partial charge in [0.1, 0.15) is 5.82 Å². The molecule has 0 saturated heterocycles. The monoisotopic (exact) mass is 310 g/mol. The second-order valence-electron chi connectivity index (χ2n) is 4.57. The number of aromatic nitrogens is 3. The van der Waals surface area contributed by atoms with E-state index in [4.69, 9.17) is 0 Å². The first kappa shape index (κ1) is 15.8. The second kappa shape index (κ2) is 7.42. The lowest BCUT2D eigenvalue weighted by atomic mass is 10.2. The normalized spacial score (nSPS) is 11.0. The molecule has 21 heavy (non-hydrogen) atoms. The van der Waals surface area contributed by atoms with Gasteiger partial charge in [0.2, 0.25) is 0 Å². The van der Waals surface area contributed by atoms with E-state index in [1.807, 2.05) is 19.9 Å². The SMILES string of the molecule is CCCn1c(Sc2c(F)cccc2CNCC)n[nH]c1=O.